The first-order chi connectivity index (χ1) is 23.0. The highest BCUT2D eigenvalue weighted by molar-refractivity contribution is 6.05. The van der Waals surface area contributed by atoms with Gasteiger partial charge in [-0.25, -0.2) is 19.2 Å². The molecule has 0 radical (unpaired) electrons. The van der Waals surface area contributed by atoms with Crippen LogP contribution in [0.3, 0.4) is 0 Å². The van der Waals surface area contributed by atoms with Crippen molar-refractivity contribution in [1.29, 1.82) is 0 Å². The summed E-state index contributed by atoms with van der Waals surface area (Å²) >= 11 is 0. The molecule has 0 spiro atoms. The summed E-state index contributed by atoms with van der Waals surface area (Å²) in [7, 11) is 0. The summed E-state index contributed by atoms with van der Waals surface area (Å²) in [6, 6.07) is 23.3. The minimum absolute atomic E-state index is 0.0149. The van der Waals surface area contributed by atoms with Crippen LogP contribution in [0.2, 0.25) is 0 Å². The number of para-hydroxylation sites is 2. The largest absolute Gasteiger partial charge is 0.478 e. The fraction of sp³-hybridized carbons (Fsp3) is 0.263. The topological polar surface area (TPSA) is 168 Å². The van der Waals surface area contributed by atoms with Crippen molar-refractivity contribution in [3.8, 4) is 23.0 Å². The van der Waals surface area contributed by atoms with Gasteiger partial charge in [0.25, 0.3) is 0 Å². The third-order valence-corrected chi connectivity index (χ3v) is 10.3. The smallest absolute Gasteiger partial charge is 0.340 e. The number of carboxylic acid groups (broad SMARTS) is 4. The maximum absolute atomic E-state index is 12.7. The van der Waals surface area contributed by atoms with E-state index in [1.807, 2.05) is 0 Å². The molecule has 244 valence electrons. The van der Waals surface area contributed by atoms with Crippen LogP contribution < -0.4 is 9.47 Å². The molecule has 0 aliphatic heterocycles. The molecule has 10 nitrogen and oxygen atoms in total. The van der Waals surface area contributed by atoms with Gasteiger partial charge in [-0.05, 0) is 86.8 Å². The van der Waals surface area contributed by atoms with Crippen molar-refractivity contribution in [3.05, 3.63) is 118 Å². The molecule has 4 aliphatic carbocycles. The molecule has 4 aromatic rings. The normalized spacial score (nSPS) is 23.8. The monoisotopic (exact) mass is 648 g/mol. The fourth-order valence-electron chi connectivity index (χ4n) is 9.10. The van der Waals surface area contributed by atoms with Gasteiger partial charge in [-0.15, -0.1) is 0 Å². The molecule has 0 saturated heterocycles. The first-order valence-corrected chi connectivity index (χ1v) is 15.7. The Labute approximate surface area is 275 Å². The van der Waals surface area contributed by atoms with E-state index in [0.717, 1.165) is 6.42 Å². The molecule has 0 amide bonds. The standard InChI is InChI=1S/C38H32O10/c39-33(40)25-11-13-27(31(29(25)35(43)44)47-23-7-3-1-4-8-23)37-16-21-15-22(17-37)19-38(18-21,20-37)28-14-12-26(34(41)42)30(36(45)46)32(28)48-24-9-5-2-6-10-24/h1-14,21-22H,15-20H2,(H,39,40)(H,41,42)(H,43,44)(H,45,46). The van der Waals surface area contributed by atoms with Crippen LogP contribution in [0.1, 0.15) is 91.1 Å². The molecule has 4 N–H and O–H groups in total. The molecule has 4 aliphatic rings. The molecular formula is C38H32O10. The molecular weight excluding hydrogens is 616 g/mol. The van der Waals surface area contributed by atoms with E-state index >= 15 is 0 Å². The highest BCUT2D eigenvalue weighted by Gasteiger charge is 2.60. The van der Waals surface area contributed by atoms with Crippen LogP contribution in [-0.4, -0.2) is 44.3 Å². The molecule has 0 atom stereocenters. The Balaban J connectivity index is 1.44. The molecule has 10 heteroatoms. The summed E-state index contributed by atoms with van der Waals surface area (Å²) in [4.78, 5) is 50.0. The van der Waals surface area contributed by atoms with E-state index in [-0.39, 0.29) is 34.5 Å². The third kappa shape index (κ3) is 5.13. The average Bonchev–Trinajstić information content (AvgIpc) is 3.04. The molecule has 0 heterocycles. The van der Waals surface area contributed by atoms with Crippen LogP contribution in [0.15, 0.2) is 84.9 Å². The minimum Gasteiger partial charge on any atom is -0.478 e. The Kier molecular flexibility index (Phi) is 7.46. The molecule has 48 heavy (non-hydrogen) atoms. The Morgan fingerprint density at radius 2 is 0.896 bits per heavy atom. The summed E-state index contributed by atoms with van der Waals surface area (Å²) < 4.78 is 12.6. The van der Waals surface area contributed by atoms with Crippen molar-refractivity contribution in [3.63, 3.8) is 0 Å². The highest BCUT2D eigenvalue weighted by Crippen LogP contribution is 2.68. The second-order valence-corrected chi connectivity index (χ2v) is 13.3. The van der Waals surface area contributed by atoms with Gasteiger partial charge in [-0.3, -0.25) is 0 Å². The van der Waals surface area contributed by atoms with Crippen molar-refractivity contribution < 1.29 is 49.1 Å². The number of aromatic carboxylic acids is 4. The Hall–Kier alpha value is -5.64. The van der Waals surface area contributed by atoms with Crippen molar-refractivity contribution in [2.75, 3.05) is 0 Å². The van der Waals surface area contributed by atoms with Gasteiger partial charge in [0.2, 0.25) is 0 Å². The quantitative estimate of drug-likeness (QED) is 0.133. The van der Waals surface area contributed by atoms with Gasteiger partial charge in [-0.1, -0.05) is 48.5 Å². The van der Waals surface area contributed by atoms with Gasteiger partial charge in [-0.2, -0.15) is 0 Å². The number of carboxylic acids is 4. The first kappa shape index (κ1) is 31.0. The van der Waals surface area contributed by atoms with Crippen LogP contribution in [0.4, 0.5) is 0 Å². The lowest BCUT2D eigenvalue weighted by Gasteiger charge is -2.63. The van der Waals surface area contributed by atoms with Crippen molar-refractivity contribution in [2.45, 2.75) is 49.4 Å². The summed E-state index contributed by atoms with van der Waals surface area (Å²) in [6.07, 6.45) is 4.22. The molecule has 0 unspecified atom stereocenters. The number of rotatable bonds is 10. The molecule has 0 aromatic heterocycles. The van der Waals surface area contributed by atoms with Crippen LogP contribution in [-0.2, 0) is 10.8 Å². The lowest BCUT2D eigenvalue weighted by atomic mass is 9.41. The van der Waals surface area contributed by atoms with E-state index in [0.29, 0.717) is 54.7 Å². The van der Waals surface area contributed by atoms with Gasteiger partial charge in [0.1, 0.15) is 34.1 Å². The Morgan fingerprint density at radius 1 is 0.521 bits per heavy atom. The molecule has 4 aromatic carbocycles. The van der Waals surface area contributed by atoms with Crippen molar-refractivity contribution in [2.24, 2.45) is 11.8 Å². The maximum atomic E-state index is 12.7. The predicted molar refractivity (Wildman–Crippen MR) is 172 cm³/mol. The first-order valence-electron chi connectivity index (χ1n) is 15.7. The Morgan fingerprint density at radius 3 is 1.23 bits per heavy atom. The third-order valence-electron chi connectivity index (χ3n) is 10.3. The predicted octanol–water partition coefficient (Wildman–Crippen LogP) is 7.85. The highest BCUT2D eigenvalue weighted by atomic mass is 16.5. The summed E-state index contributed by atoms with van der Waals surface area (Å²) in [5.41, 5.74) is -1.72. The zero-order valence-electron chi connectivity index (χ0n) is 25.7. The van der Waals surface area contributed by atoms with Crippen LogP contribution in [0, 0.1) is 11.8 Å². The molecule has 4 saturated carbocycles. The minimum atomic E-state index is -1.42. The van der Waals surface area contributed by atoms with E-state index in [1.54, 1.807) is 72.8 Å². The number of ether oxygens (including phenoxy) is 2. The van der Waals surface area contributed by atoms with Gasteiger partial charge in [0.15, 0.2) is 0 Å². The van der Waals surface area contributed by atoms with Crippen molar-refractivity contribution >= 4 is 23.9 Å². The molecule has 4 bridgehead atoms. The zero-order chi connectivity index (χ0) is 33.8. The van der Waals surface area contributed by atoms with E-state index in [9.17, 15) is 39.6 Å². The molecule has 8 rings (SSSR count). The van der Waals surface area contributed by atoms with Gasteiger partial charge < -0.3 is 29.9 Å². The second-order valence-electron chi connectivity index (χ2n) is 13.3. The average molecular weight is 649 g/mol. The fourth-order valence-corrected chi connectivity index (χ4v) is 9.10. The summed E-state index contributed by atoms with van der Waals surface area (Å²) in [6.45, 7) is 0. The summed E-state index contributed by atoms with van der Waals surface area (Å²) in [5.74, 6) is -4.57. The van der Waals surface area contributed by atoms with Gasteiger partial charge >= 0.3 is 23.9 Å². The van der Waals surface area contributed by atoms with Gasteiger partial charge in [0.05, 0.1) is 11.1 Å². The number of benzene rings is 4. The number of hydrogen-bond acceptors (Lipinski definition) is 6. The van der Waals surface area contributed by atoms with Crippen LogP contribution in [0.25, 0.3) is 0 Å². The van der Waals surface area contributed by atoms with E-state index < -0.39 is 45.8 Å². The molecule has 4 fully saturated rings. The maximum Gasteiger partial charge on any atom is 0.340 e. The van der Waals surface area contributed by atoms with E-state index in [1.165, 1.54) is 12.1 Å². The second kappa shape index (κ2) is 11.6. The van der Waals surface area contributed by atoms with E-state index in [4.69, 9.17) is 9.47 Å². The SMILES string of the molecule is O=C(O)c1ccc(C23CC4CC(C2)CC(c2ccc(C(=O)O)c(C(=O)O)c2Oc2ccccc2)(C4)C3)c(Oc2ccccc2)c1C(=O)O. The van der Waals surface area contributed by atoms with Gasteiger partial charge in [0, 0.05) is 22.0 Å². The lowest BCUT2D eigenvalue weighted by molar-refractivity contribution is -0.0295. The van der Waals surface area contributed by atoms with Crippen LogP contribution >= 0.6 is 0 Å². The van der Waals surface area contributed by atoms with Crippen molar-refractivity contribution in [1.82, 2.24) is 0 Å². The summed E-state index contributed by atoms with van der Waals surface area (Å²) in [5, 5.41) is 40.7. The Bertz CT molecular complexity index is 1810. The van der Waals surface area contributed by atoms with E-state index in [2.05, 4.69) is 0 Å². The number of carbonyl (C=O) groups is 4. The van der Waals surface area contributed by atoms with Crippen LogP contribution in [0.5, 0.6) is 23.0 Å². The number of hydrogen-bond donors (Lipinski definition) is 4. The zero-order valence-corrected chi connectivity index (χ0v) is 25.7. The lowest BCUT2D eigenvalue weighted by Crippen LogP contribution is -2.56.